The maximum absolute atomic E-state index is 12.1. The summed E-state index contributed by atoms with van der Waals surface area (Å²) >= 11 is 5.93. The lowest BCUT2D eigenvalue weighted by Gasteiger charge is -2.03. The average molecular weight is 305 g/mol. The fourth-order valence-corrected chi connectivity index (χ4v) is 2.12. The molecule has 3 N–H and O–H groups in total. The summed E-state index contributed by atoms with van der Waals surface area (Å²) in [5, 5.41) is 3.53. The van der Waals surface area contributed by atoms with E-state index >= 15 is 0 Å². The van der Waals surface area contributed by atoms with Crippen molar-refractivity contribution in [3.63, 3.8) is 0 Å². The van der Waals surface area contributed by atoms with E-state index in [1.807, 2.05) is 0 Å². The molecule has 0 spiro atoms. The zero-order valence-electron chi connectivity index (χ0n) is 10.6. The topological polar surface area (TPSA) is 98.5 Å². The molecule has 0 radical (unpaired) electrons. The van der Waals surface area contributed by atoms with E-state index in [-0.39, 0.29) is 11.4 Å². The van der Waals surface area contributed by atoms with Crippen LogP contribution < -0.4 is 11.1 Å². The predicted molar refractivity (Wildman–Crippen MR) is 76.4 cm³/mol. The van der Waals surface area contributed by atoms with Crippen LogP contribution in [-0.2, 0) is 0 Å². The second-order valence-electron chi connectivity index (χ2n) is 4.28. The molecule has 2 aromatic heterocycles. The Morgan fingerprint density at radius 2 is 2.05 bits per heavy atom. The van der Waals surface area contributed by atoms with Crippen molar-refractivity contribution in [3.8, 4) is 0 Å². The van der Waals surface area contributed by atoms with Gasteiger partial charge in [-0.1, -0.05) is 11.6 Å². The lowest BCUT2D eigenvalue weighted by Crippen LogP contribution is -2.16. The van der Waals surface area contributed by atoms with Gasteiger partial charge < -0.3 is 19.9 Å². The zero-order valence-corrected chi connectivity index (χ0v) is 11.3. The number of halogens is 1. The van der Waals surface area contributed by atoms with Crippen LogP contribution in [0.5, 0.6) is 0 Å². The monoisotopic (exact) mass is 304 g/mol. The van der Waals surface area contributed by atoms with Crippen LogP contribution in [0.3, 0.4) is 0 Å². The van der Waals surface area contributed by atoms with Crippen molar-refractivity contribution in [2.45, 2.75) is 0 Å². The van der Waals surface area contributed by atoms with Gasteiger partial charge in [-0.25, -0.2) is 0 Å². The number of benzene rings is 1. The Morgan fingerprint density at radius 3 is 2.71 bits per heavy atom. The van der Waals surface area contributed by atoms with Crippen molar-refractivity contribution >= 4 is 40.1 Å². The number of amides is 2. The number of carbonyl (C=O) groups excluding carboxylic acids is 2. The first kappa shape index (κ1) is 13.3. The SMILES string of the molecule is NC(=O)c1oc2ccc(Cl)cc2c1NC(=O)c1ccoc1. The maximum Gasteiger partial charge on any atom is 0.286 e. The number of hydrogen-bond acceptors (Lipinski definition) is 4. The van der Waals surface area contributed by atoms with E-state index in [2.05, 4.69) is 5.32 Å². The molecule has 0 aliphatic carbocycles. The first-order valence-corrected chi connectivity index (χ1v) is 6.29. The Hall–Kier alpha value is -2.73. The number of primary amides is 1. The summed E-state index contributed by atoms with van der Waals surface area (Å²) in [5.41, 5.74) is 6.17. The van der Waals surface area contributed by atoms with Crippen molar-refractivity contribution in [1.29, 1.82) is 0 Å². The van der Waals surface area contributed by atoms with Gasteiger partial charge in [0.2, 0.25) is 5.76 Å². The van der Waals surface area contributed by atoms with Gasteiger partial charge in [0.1, 0.15) is 17.5 Å². The molecule has 0 aliphatic rings. The molecule has 0 fully saturated rings. The molecule has 0 aliphatic heterocycles. The van der Waals surface area contributed by atoms with E-state index in [4.69, 9.17) is 26.2 Å². The van der Waals surface area contributed by atoms with Gasteiger partial charge in [-0.3, -0.25) is 9.59 Å². The van der Waals surface area contributed by atoms with Crippen LogP contribution in [0.25, 0.3) is 11.0 Å². The number of furan rings is 2. The standard InChI is InChI=1S/C14H9ClN2O4/c15-8-1-2-10-9(5-8)11(12(21-10)13(16)18)17-14(19)7-3-4-20-6-7/h1-6H,(H2,16,18)(H,17,19). The minimum atomic E-state index is -0.787. The highest BCUT2D eigenvalue weighted by molar-refractivity contribution is 6.31. The minimum absolute atomic E-state index is 0.135. The molecular formula is C14H9ClN2O4. The van der Waals surface area contributed by atoms with E-state index in [1.165, 1.54) is 18.6 Å². The highest BCUT2D eigenvalue weighted by Gasteiger charge is 2.21. The number of carbonyl (C=O) groups is 2. The summed E-state index contributed by atoms with van der Waals surface area (Å²) < 4.78 is 10.2. The number of rotatable bonds is 3. The molecular weight excluding hydrogens is 296 g/mol. The Bertz CT molecular complexity index is 836. The molecule has 3 aromatic rings. The third kappa shape index (κ3) is 2.36. The van der Waals surface area contributed by atoms with E-state index in [1.54, 1.807) is 18.2 Å². The number of hydrogen-bond donors (Lipinski definition) is 2. The zero-order chi connectivity index (χ0) is 15.0. The van der Waals surface area contributed by atoms with Crippen LogP contribution in [0.2, 0.25) is 5.02 Å². The van der Waals surface area contributed by atoms with Crippen LogP contribution >= 0.6 is 11.6 Å². The molecule has 0 bridgehead atoms. The molecule has 3 rings (SSSR count). The van der Waals surface area contributed by atoms with E-state index < -0.39 is 11.8 Å². The maximum atomic E-state index is 12.1. The Kier molecular flexibility index (Phi) is 3.15. The van der Waals surface area contributed by atoms with Crippen molar-refractivity contribution in [2.24, 2.45) is 5.73 Å². The second-order valence-corrected chi connectivity index (χ2v) is 4.71. The molecule has 7 heteroatoms. The van der Waals surface area contributed by atoms with Gasteiger partial charge in [0.15, 0.2) is 0 Å². The largest absolute Gasteiger partial charge is 0.472 e. The van der Waals surface area contributed by atoms with Crippen molar-refractivity contribution in [3.05, 3.63) is 53.1 Å². The molecule has 1 aromatic carbocycles. The summed E-state index contributed by atoms with van der Waals surface area (Å²) in [6.07, 6.45) is 2.66. The second kappa shape index (κ2) is 4.99. The molecule has 6 nitrogen and oxygen atoms in total. The summed E-state index contributed by atoms with van der Waals surface area (Å²) in [6.45, 7) is 0. The van der Waals surface area contributed by atoms with Gasteiger partial charge in [-0.05, 0) is 24.3 Å². The number of nitrogens with one attached hydrogen (secondary N) is 1. The first-order chi connectivity index (χ1) is 10.1. The van der Waals surface area contributed by atoms with Crippen LogP contribution in [-0.4, -0.2) is 11.8 Å². The third-order valence-corrected chi connectivity index (χ3v) is 3.13. The molecule has 2 amide bonds. The minimum Gasteiger partial charge on any atom is -0.472 e. The summed E-state index contributed by atoms with van der Waals surface area (Å²) in [4.78, 5) is 23.5. The molecule has 2 heterocycles. The van der Waals surface area contributed by atoms with Gasteiger partial charge in [0, 0.05) is 10.4 Å². The predicted octanol–water partition coefficient (Wildman–Crippen LogP) is 3.03. The Labute approximate surface area is 123 Å². The highest BCUT2D eigenvalue weighted by atomic mass is 35.5. The quantitative estimate of drug-likeness (QED) is 0.777. The molecule has 0 atom stereocenters. The van der Waals surface area contributed by atoms with Crippen molar-refractivity contribution in [1.82, 2.24) is 0 Å². The van der Waals surface area contributed by atoms with Crippen molar-refractivity contribution < 1.29 is 18.4 Å². The average Bonchev–Trinajstić information content (AvgIpc) is 3.07. The number of nitrogens with two attached hydrogens (primary N) is 1. The summed E-state index contributed by atoms with van der Waals surface area (Å²) in [5.74, 6) is -1.37. The lowest BCUT2D eigenvalue weighted by atomic mass is 10.2. The fourth-order valence-electron chi connectivity index (χ4n) is 1.95. The van der Waals surface area contributed by atoms with E-state index in [0.29, 0.717) is 21.6 Å². The number of fused-ring (bicyclic) bond motifs is 1. The van der Waals surface area contributed by atoms with Gasteiger partial charge >= 0.3 is 0 Å². The van der Waals surface area contributed by atoms with Crippen molar-refractivity contribution in [2.75, 3.05) is 5.32 Å². The highest BCUT2D eigenvalue weighted by Crippen LogP contribution is 2.33. The molecule has 106 valence electrons. The molecule has 0 saturated carbocycles. The molecule has 0 saturated heterocycles. The summed E-state index contributed by atoms with van der Waals surface area (Å²) in [7, 11) is 0. The van der Waals surface area contributed by atoms with Crippen LogP contribution in [0.4, 0.5) is 5.69 Å². The molecule has 0 unspecified atom stereocenters. The fraction of sp³-hybridized carbons (Fsp3) is 0. The van der Waals surface area contributed by atoms with E-state index in [9.17, 15) is 9.59 Å². The third-order valence-electron chi connectivity index (χ3n) is 2.90. The Balaban J connectivity index is 2.11. The van der Waals surface area contributed by atoms with Gasteiger partial charge in [-0.15, -0.1) is 0 Å². The van der Waals surface area contributed by atoms with Gasteiger partial charge in [0.25, 0.3) is 11.8 Å². The van der Waals surface area contributed by atoms with Crippen LogP contribution in [0.1, 0.15) is 20.9 Å². The number of anilines is 1. The summed E-state index contributed by atoms with van der Waals surface area (Å²) in [6, 6.07) is 6.28. The van der Waals surface area contributed by atoms with Crippen LogP contribution in [0, 0.1) is 0 Å². The normalized spacial score (nSPS) is 10.7. The van der Waals surface area contributed by atoms with Crippen LogP contribution in [0.15, 0.2) is 45.6 Å². The van der Waals surface area contributed by atoms with Gasteiger partial charge in [0.05, 0.1) is 11.8 Å². The van der Waals surface area contributed by atoms with Gasteiger partial charge in [-0.2, -0.15) is 0 Å². The lowest BCUT2D eigenvalue weighted by molar-refractivity contribution is 0.0977. The first-order valence-electron chi connectivity index (χ1n) is 5.91. The Morgan fingerprint density at radius 1 is 1.24 bits per heavy atom. The van der Waals surface area contributed by atoms with E-state index in [0.717, 1.165) is 0 Å². The molecule has 21 heavy (non-hydrogen) atoms. The smallest absolute Gasteiger partial charge is 0.286 e.